The monoisotopic (exact) mass is 298 g/mol. The van der Waals surface area contributed by atoms with Gasteiger partial charge in [-0.2, -0.15) is 0 Å². The van der Waals surface area contributed by atoms with Gasteiger partial charge in [-0.05, 0) is 24.8 Å². The molecule has 5 heteroatoms. The summed E-state index contributed by atoms with van der Waals surface area (Å²) in [7, 11) is 0. The van der Waals surface area contributed by atoms with Gasteiger partial charge in [-0.25, -0.2) is 4.98 Å². The van der Waals surface area contributed by atoms with Gasteiger partial charge in [0.15, 0.2) is 0 Å². The van der Waals surface area contributed by atoms with Crippen molar-refractivity contribution < 1.29 is 4.79 Å². The van der Waals surface area contributed by atoms with E-state index in [-0.39, 0.29) is 17.9 Å². The summed E-state index contributed by atoms with van der Waals surface area (Å²) in [6, 6.07) is 10.3. The first kappa shape index (κ1) is 14.8. The predicted molar refractivity (Wildman–Crippen MR) is 86.3 cm³/mol. The molecule has 0 aliphatic heterocycles. The zero-order chi connectivity index (χ0) is 15.4. The number of nitrogens with zero attached hydrogens (tertiary/aromatic N) is 2. The van der Waals surface area contributed by atoms with Gasteiger partial charge >= 0.3 is 0 Å². The molecule has 22 heavy (non-hydrogen) atoms. The molecule has 1 amide bonds. The maximum atomic E-state index is 12.4. The number of rotatable bonds is 4. The van der Waals surface area contributed by atoms with E-state index in [4.69, 9.17) is 5.73 Å². The molecule has 0 saturated heterocycles. The summed E-state index contributed by atoms with van der Waals surface area (Å²) in [6.45, 7) is 0.695. The van der Waals surface area contributed by atoms with Crippen LogP contribution in [0.25, 0.3) is 0 Å². The minimum absolute atomic E-state index is 0.00521. The van der Waals surface area contributed by atoms with Gasteiger partial charge in [-0.1, -0.05) is 36.8 Å². The van der Waals surface area contributed by atoms with Crippen LogP contribution in [0, 0.1) is 5.92 Å². The van der Waals surface area contributed by atoms with E-state index in [1.165, 1.54) is 5.56 Å². The number of carbonyl (C=O) groups excluding carboxylic acids is 1. The number of benzene rings is 1. The molecule has 116 valence electrons. The standard InChI is InChI=1S/C17H22N4O/c18-15-8-4-7-14(11-15)16(22)20-17-19-9-10-21(17)12-13-5-2-1-3-6-13/h1-3,5-6,9-10,14-15H,4,7-8,11-12,18H2,(H,19,20,22). The Bertz CT molecular complexity index is 623. The topological polar surface area (TPSA) is 72.9 Å². The maximum absolute atomic E-state index is 12.4. The van der Waals surface area contributed by atoms with E-state index in [1.54, 1.807) is 6.20 Å². The van der Waals surface area contributed by atoms with Gasteiger partial charge in [0.2, 0.25) is 11.9 Å². The summed E-state index contributed by atoms with van der Waals surface area (Å²) in [5.74, 6) is 0.647. The number of nitrogens with two attached hydrogens (primary N) is 1. The van der Waals surface area contributed by atoms with Gasteiger partial charge in [0.25, 0.3) is 0 Å². The van der Waals surface area contributed by atoms with E-state index in [1.807, 2.05) is 29.0 Å². The second kappa shape index (κ2) is 6.75. The van der Waals surface area contributed by atoms with Crippen molar-refractivity contribution in [3.8, 4) is 0 Å². The first-order valence-corrected chi connectivity index (χ1v) is 7.84. The number of carbonyl (C=O) groups is 1. The fraction of sp³-hybridized carbons (Fsp3) is 0.412. The molecule has 1 heterocycles. The summed E-state index contributed by atoms with van der Waals surface area (Å²) in [6.07, 6.45) is 7.33. The minimum Gasteiger partial charge on any atom is -0.328 e. The number of hydrogen-bond donors (Lipinski definition) is 2. The molecule has 1 fully saturated rings. The van der Waals surface area contributed by atoms with Crippen LogP contribution < -0.4 is 11.1 Å². The quantitative estimate of drug-likeness (QED) is 0.910. The van der Waals surface area contributed by atoms with Crippen LogP contribution in [0.4, 0.5) is 5.95 Å². The summed E-state index contributed by atoms with van der Waals surface area (Å²) < 4.78 is 1.95. The zero-order valence-electron chi connectivity index (χ0n) is 12.6. The number of imidazole rings is 1. The van der Waals surface area contributed by atoms with Gasteiger partial charge in [0.1, 0.15) is 0 Å². The van der Waals surface area contributed by atoms with E-state index in [0.717, 1.165) is 25.7 Å². The normalized spacial score (nSPS) is 21.5. The smallest absolute Gasteiger partial charge is 0.229 e. The van der Waals surface area contributed by atoms with Gasteiger partial charge in [0, 0.05) is 24.4 Å². The predicted octanol–water partition coefficient (Wildman–Crippen LogP) is 2.39. The largest absolute Gasteiger partial charge is 0.328 e. The van der Waals surface area contributed by atoms with Crippen LogP contribution in [0.1, 0.15) is 31.2 Å². The number of anilines is 1. The molecule has 2 unspecified atom stereocenters. The van der Waals surface area contributed by atoms with Gasteiger partial charge in [-0.3, -0.25) is 10.1 Å². The van der Waals surface area contributed by atoms with Gasteiger partial charge < -0.3 is 10.3 Å². The van der Waals surface area contributed by atoms with Crippen molar-refractivity contribution in [1.82, 2.24) is 9.55 Å². The summed E-state index contributed by atoms with van der Waals surface area (Å²) in [4.78, 5) is 16.7. The number of aromatic nitrogens is 2. The SMILES string of the molecule is NC1CCCC(C(=O)Nc2nccn2Cc2ccccc2)C1. The summed E-state index contributed by atoms with van der Waals surface area (Å²) >= 11 is 0. The molecule has 0 radical (unpaired) electrons. The van der Waals surface area contributed by atoms with Crippen molar-refractivity contribution in [2.75, 3.05) is 5.32 Å². The first-order valence-electron chi connectivity index (χ1n) is 7.84. The van der Waals surface area contributed by atoms with Crippen molar-refractivity contribution in [3.63, 3.8) is 0 Å². The second-order valence-corrected chi connectivity index (χ2v) is 5.98. The average molecular weight is 298 g/mol. The van der Waals surface area contributed by atoms with Crippen LogP contribution >= 0.6 is 0 Å². The van der Waals surface area contributed by atoms with Crippen LogP contribution in [0.5, 0.6) is 0 Å². The van der Waals surface area contributed by atoms with Gasteiger partial charge in [0.05, 0.1) is 6.54 Å². The van der Waals surface area contributed by atoms with E-state index in [9.17, 15) is 4.79 Å². The lowest BCUT2D eigenvalue weighted by Gasteiger charge is -2.25. The molecular formula is C17H22N4O. The number of amides is 1. The molecule has 1 aromatic carbocycles. The molecule has 1 aliphatic rings. The fourth-order valence-electron chi connectivity index (χ4n) is 3.02. The first-order chi connectivity index (χ1) is 10.7. The molecule has 2 aromatic rings. The van der Waals surface area contributed by atoms with Crippen molar-refractivity contribution in [1.29, 1.82) is 0 Å². The molecule has 1 aromatic heterocycles. The molecule has 0 bridgehead atoms. The molecule has 0 spiro atoms. The molecule has 5 nitrogen and oxygen atoms in total. The average Bonchev–Trinajstić information content (AvgIpc) is 2.95. The van der Waals surface area contributed by atoms with Crippen LogP contribution in [0.15, 0.2) is 42.7 Å². The molecule has 1 saturated carbocycles. The Kier molecular flexibility index (Phi) is 4.53. The zero-order valence-corrected chi connectivity index (χ0v) is 12.6. The molecule has 3 N–H and O–H groups in total. The maximum Gasteiger partial charge on any atom is 0.229 e. The van der Waals surface area contributed by atoms with Crippen molar-refractivity contribution in [3.05, 3.63) is 48.3 Å². The van der Waals surface area contributed by atoms with Crippen LogP contribution in [0.2, 0.25) is 0 Å². The third kappa shape index (κ3) is 3.54. The van der Waals surface area contributed by atoms with Crippen LogP contribution in [-0.4, -0.2) is 21.5 Å². The molecule has 3 rings (SSSR count). The third-order valence-electron chi connectivity index (χ3n) is 4.23. The fourth-order valence-corrected chi connectivity index (χ4v) is 3.02. The lowest BCUT2D eigenvalue weighted by atomic mass is 9.85. The Morgan fingerprint density at radius 3 is 2.91 bits per heavy atom. The minimum atomic E-state index is 0.00521. The lowest BCUT2D eigenvalue weighted by Crippen LogP contribution is -2.34. The second-order valence-electron chi connectivity index (χ2n) is 5.98. The molecule has 1 aliphatic carbocycles. The Morgan fingerprint density at radius 2 is 2.14 bits per heavy atom. The highest BCUT2D eigenvalue weighted by Crippen LogP contribution is 2.24. The molecule has 2 atom stereocenters. The van der Waals surface area contributed by atoms with E-state index >= 15 is 0 Å². The van der Waals surface area contributed by atoms with Crippen molar-refractivity contribution in [2.45, 2.75) is 38.3 Å². The highest BCUT2D eigenvalue weighted by Gasteiger charge is 2.26. The summed E-state index contributed by atoms with van der Waals surface area (Å²) in [5, 5.41) is 2.96. The summed E-state index contributed by atoms with van der Waals surface area (Å²) in [5.41, 5.74) is 7.14. The highest BCUT2D eigenvalue weighted by atomic mass is 16.2. The van der Waals surface area contributed by atoms with Crippen molar-refractivity contribution >= 4 is 11.9 Å². The van der Waals surface area contributed by atoms with E-state index in [2.05, 4.69) is 22.4 Å². The Hall–Kier alpha value is -2.14. The Balaban J connectivity index is 1.66. The lowest BCUT2D eigenvalue weighted by molar-refractivity contribution is -0.121. The van der Waals surface area contributed by atoms with Crippen LogP contribution in [-0.2, 0) is 11.3 Å². The Morgan fingerprint density at radius 1 is 1.32 bits per heavy atom. The van der Waals surface area contributed by atoms with Crippen molar-refractivity contribution in [2.24, 2.45) is 11.7 Å². The van der Waals surface area contributed by atoms with Gasteiger partial charge in [-0.15, -0.1) is 0 Å². The number of hydrogen-bond acceptors (Lipinski definition) is 3. The third-order valence-corrected chi connectivity index (χ3v) is 4.23. The van der Waals surface area contributed by atoms with E-state index in [0.29, 0.717) is 12.5 Å². The number of nitrogens with one attached hydrogen (secondary N) is 1. The molecular weight excluding hydrogens is 276 g/mol. The van der Waals surface area contributed by atoms with E-state index < -0.39 is 0 Å². The van der Waals surface area contributed by atoms with Crippen LogP contribution in [0.3, 0.4) is 0 Å². The highest BCUT2D eigenvalue weighted by molar-refractivity contribution is 5.91. The Labute approximate surface area is 130 Å².